The smallest absolute Gasteiger partial charge is 0.335 e. The molecule has 2 N–H and O–H groups in total. The Kier molecular flexibility index (Phi) is 5.07. The first kappa shape index (κ1) is 18.8. The fraction of sp³-hybridized carbons (Fsp3) is 0.444. The minimum atomic E-state index is -4.37. The topological polar surface area (TPSA) is 59.2 Å². The summed E-state index contributed by atoms with van der Waals surface area (Å²) in [6.07, 6.45) is -2.85. The van der Waals surface area contributed by atoms with Crippen LogP contribution in [0.4, 0.5) is 13.2 Å². The molecule has 1 saturated heterocycles. The molecule has 1 aromatic carbocycles. The second-order valence-electron chi connectivity index (χ2n) is 6.64. The maximum absolute atomic E-state index is 12.9. The zero-order valence-electron chi connectivity index (χ0n) is 14.5. The van der Waals surface area contributed by atoms with Crippen LogP contribution in [0.15, 0.2) is 24.3 Å². The normalized spacial score (nSPS) is 21.1. The van der Waals surface area contributed by atoms with Gasteiger partial charge in [0.1, 0.15) is 9.88 Å². The Morgan fingerprint density at radius 3 is 2.54 bits per heavy atom. The first-order valence-corrected chi connectivity index (χ1v) is 9.20. The SMILES string of the molecule is Cc1nc(-c2ccc(C(F)(F)F)cc2)sc1C(=O)N1CCC(N)CC1C. The van der Waals surface area contributed by atoms with Gasteiger partial charge in [-0.2, -0.15) is 13.2 Å². The van der Waals surface area contributed by atoms with E-state index in [1.165, 1.54) is 23.5 Å². The zero-order chi connectivity index (χ0) is 19.1. The van der Waals surface area contributed by atoms with E-state index in [1.54, 1.807) is 11.8 Å². The van der Waals surface area contributed by atoms with Crippen molar-refractivity contribution in [3.05, 3.63) is 40.4 Å². The second kappa shape index (κ2) is 7.00. The number of benzene rings is 1. The Labute approximate surface area is 153 Å². The van der Waals surface area contributed by atoms with E-state index in [0.717, 1.165) is 25.0 Å². The van der Waals surface area contributed by atoms with Gasteiger partial charge in [0.05, 0.1) is 11.3 Å². The Morgan fingerprint density at radius 1 is 1.31 bits per heavy atom. The number of alkyl halides is 3. The van der Waals surface area contributed by atoms with Crippen LogP contribution in [0, 0.1) is 6.92 Å². The summed E-state index contributed by atoms with van der Waals surface area (Å²) in [5.41, 5.74) is 6.41. The number of hydrogen-bond donors (Lipinski definition) is 1. The summed E-state index contributed by atoms with van der Waals surface area (Å²) >= 11 is 1.22. The molecule has 4 nitrogen and oxygen atoms in total. The lowest BCUT2D eigenvalue weighted by Gasteiger charge is -2.36. The molecule has 1 amide bonds. The summed E-state index contributed by atoms with van der Waals surface area (Å²) < 4.78 is 38.1. The number of halogens is 3. The molecule has 140 valence electrons. The van der Waals surface area contributed by atoms with Crippen LogP contribution in [0.5, 0.6) is 0 Å². The van der Waals surface area contributed by atoms with Gasteiger partial charge in [-0.25, -0.2) is 4.98 Å². The zero-order valence-corrected chi connectivity index (χ0v) is 15.3. The fourth-order valence-corrected chi connectivity index (χ4v) is 4.19. The van der Waals surface area contributed by atoms with Crippen molar-refractivity contribution < 1.29 is 18.0 Å². The second-order valence-corrected chi connectivity index (χ2v) is 7.64. The third kappa shape index (κ3) is 3.76. The standard InChI is InChI=1S/C18H20F3N3OS/c1-10-9-14(22)7-8-24(10)17(25)15-11(2)23-16(26-15)12-3-5-13(6-4-12)18(19,20)21/h3-6,10,14H,7-9,22H2,1-2H3. The highest BCUT2D eigenvalue weighted by Gasteiger charge is 2.31. The van der Waals surface area contributed by atoms with Gasteiger partial charge in [-0.1, -0.05) is 12.1 Å². The first-order chi connectivity index (χ1) is 12.2. The highest BCUT2D eigenvalue weighted by atomic mass is 32.1. The number of thiazole rings is 1. The van der Waals surface area contributed by atoms with Gasteiger partial charge in [0, 0.05) is 24.2 Å². The van der Waals surface area contributed by atoms with Gasteiger partial charge in [0.25, 0.3) is 5.91 Å². The van der Waals surface area contributed by atoms with E-state index < -0.39 is 11.7 Å². The molecule has 0 saturated carbocycles. The van der Waals surface area contributed by atoms with Crippen molar-refractivity contribution in [3.63, 3.8) is 0 Å². The van der Waals surface area contributed by atoms with Crippen LogP contribution in [0.2, 0.25) is 0 Å². The van der Waals surface area contributed by atoms with Crippen LogP contribution >= 0.6 is 11.3 Å². The molecule has 1 aliphatic rings. The number of carbonyl (C=O) groups excluding carboxylic acids is 1. The van der Waals surface area contributed by atoms with Gasteiger partial charge in [0.2, 0.25) is 0 Å². The van der Waals surface area contributed by atoms with Gasteiger partial charge in [-0.3, -0.25) is 4.79 Å². The number of rotatable bonds is 2. The molecule has 0 radical (unpaired) electrons. The number of nitrogens with two attached hydrogens (primary N) is 1. The Balaban J connectivity index is 1.84. The molecule has 2 aromatic rings. The van der Waals surface area contributed by atoms with Crippen LogP contribution in [-0.2, 0) is 6.18 Å². The van der Waals surface area contributed by atoms with Crippen LogP contribution < -0.4 is 5.73 Å². The van der Waals surface area contributed by atoms with E-state index in [2.05, 4.69) is 4.98 Å². The molecule has 0 aliphatic carbocycles. The fourth-order valence-electron chi connectivity index (χ4n) is 3.16. The molecule has 0 spiro atoms. The summed E-state index contributed by atoms with van der Waals surface area (Å²) in [5, 5.41) is 0.543. The summed E-state index contributed by atoms with van der Waals surface area (Å²) in [4.78, 5) is 19.6. The first-order valence-electron chi connectivity index (χ1n) is 8.38. The highest BCUT2D eigenvalue weighted by molar-refractivity contribution is 7.17. The Bertz CT molecular complexity index is 801. The number of aryl methyl sites for hydroxylation is 1. The van der Waals surface area contributed by atoms with Crippen LogP contribution in [0.1, 0.15) is 40.7 Å². The molecule has 26 heavy (non-hydrogen) atoms. The summed E-state index contributed by atoms with van der Waals surface area (Å²) in [5.74, 6) is -0.0856. The van der Waals surface area contributed by atoms with Gasteiger partial charge in [-0.05, 0) is 38.8 Å². The molecule has 2 heterocycles. The van der Waals surface area contributed by atoms with E-state index in [1.807, 2.05) is 6.92 Å². The quantitative estimate of drug-likeness (QED) is 0.850. The number of carbonyl (C=O) groups is 1. The molecule has 1 aliphatic heterocycles. The monoisotopic (exact) mass is 383 g/mol. The lowest BCUT2D eigenvalue weighted by atomic mass is 9.99. The molecule has 3 rings (SSSR count). The van der Waals surface area contributed by atoms with E-state index in [4.69, 9.17) is 5.73 Å². The Hall–Kier alpha value is -1.93. The van der Waals surface area contributed by atoms with Crippen molar-refractivity contribution in [2.24, 2.45) is 5.73 Å². The van der Waals surface area contributed by atoms with E-state index >= 15 is 0 Å². The van der Waals surface area contributed by atoms with E-state index in [-0.39, 0.29) is 18.0 Å². The predicted molar refractivity (Wildman–Crippen MR) is 95.0 cm³/mol. The maximum atomic E-state index is 12.9. The molecule has 2 unspecified atom stereocenters. The van der Waals surface area contributed by atoms with Crippen molar-refractivity contribution in [2.45, 2.75) is 44.9 Å². The van der Waals surface area contributed by atoms with Crippen molar-refractivity contribution in [3.8, 4) is 10.6 Å². The Morgan fingerprint density at radius 2 is 1.96 bits per heavy atom. The molecule has 8 heteroatoms. The van der Waals surface area contributed by atoms with Gasteiger partial charge < -0.3 is 10.6 Å². The predicted octanol–water partition coefficient (Wildman–Crippen LogP) is 4.09. The summed E-state index contributed by atoms with van der Waals surface area (Å²) in [6, 6.07) is 5.00. The largest absolute Gasteiger partial charge is 0.416 e. The minimum Gasteiger partial charge on any atom is -0.335 e. The maximum Gasteiger partial charge on any atom is 0.416 e. The molecular formula is C18H20F3N3OS. The molecule has 0 bridgehead atoms. The number of aromatic nitrogens is 1. The van der Waals surface area contributed by atoms with Crippen LogP contribution in [-0.4, -0.2) is 34.4 Å². The summed E-state index contributed by atoms with van der Waals surface area (Å²) in [6.45, 7) is 4.33. The third-order valence-corrected chi connectivity index (χ3v) is 5.82. The lowest BCUT2D eigenvalue weighted by Crippen LogP contribution is -2.48. The lowest BCUT2D eigenvalue weighted by molar-refractivity contribution is -0.137. The average molecular weight is 383 g/mol. The van der Waals surface area contributed by atoms with Gasteiger partial charge >= 0.3 is 6.18 Å². The number of likely N-dealkylation sites (tertiary alicyclic amines) is 1. The molecule has 2 atom stereocenters. The van der Waals surface area contributed by atoms with Crippen molar-refractivity contribution >= 4 is 17.2 Å². The summed E-state index contributed by atoms with van der Waals surface area (Å²) in [7, 11) is 0. The van der Waals surface area contributed by atoms with E-state index in [0.29, 0.717) is 27.7 Å². The van der Waals surface area contributed by atoms with Crippen LogP contribution in [0.3, 0.4) is 0 Å². The van der Waals surface area contributed by atoms with Crippen LogP contribution in [0.25, 0.3) is 10.6 Å². The van der Waals surface area contributed by atoms with Crippen molar-refractivity contribution in [1.82, 2.24) is 9.88 Å². The third-order valence-electron chi connectivity index (χ3n) is 4.63. The van der Waals surface area contributed by atoms with Crippen molar-refractivity contribution in [2.75, 3.05) is 6.54 Å². The average Bonchev–Trinajstić information content (AvgIpc) is 2.95. The minimum absolute atomic E-state index is 0.0577. The van der Waals surface area contributed by atoms with Gasteiger partial charge in [-0.15, -0.1) is 11.3 Å². The number of nitrogens with zero attached hydrogens (tertiary/aromatic N) is 2. The molecule has 1 aromatic heterocycles. The number of amides is 1. The highest BCUT2D eigenvalue weighted by Crippen LogP contribution is 2.33. The van der Waals surface area contributed by atoms with Gasteiger partial charge in [0.15, 0.2) is 0 Å². The van der Waals surface area contributed by atoms with E-state index in [9.17, 15) is 18.0 Å². The number of piperidine rings is 1. The number of hydrogen-bond acceptors (Lipinski definition) is 4. The van der Waals surface area contributed by atoms with Crippen molar-refractivity contribution in [1.29, 1.82) is 0 Å². The molecule has 1 fully saturated rings. The molecular weight excluding hydrogens is 363 g/mol.